The molecule has 2 atom stereocenters. The predicted octanol–water partition coefficient (Wildman–Crippen LogP) is 4.66. The highest BCUT2D eigenvalue weighted by Gasteiger charge is 2.29. The van der Waals surface area contributed by atoms with Crippen molar-refractivity contribution in [1.82, 2.24) is 34.5 Å². The molecule has 2 unspecified atom stereocenters. The summed E-state index contributed by atoms with van der Waals surface area (Å²) in [6.45, 7) is 4.20. The molecule has 0 bridgehead atoms. The SMILES string of the molecule is Cc1nc2nc(C3CCOC(c4ccc5ncnn5c4)C3)nc(-c3ccc(F)cc3F)c2nc1C. The van der Waals surface area contributed by atoms with E-state index < -0.39 is 11.6 Å². The number of hydrogen-bond acceptors (Lipinski definition) is 7. The Morgan fingerprint density at radius 3 is 2.71 bits per heavy atom. The smallest absolute Gasteiger partial charge is 0.182 e. The van der Waals surface area contributed by atoms with Crippen LogP contribution in [0.4, 0.5) is 8.78 Å². The minimum absolute atomic E-state index is 0.0461. The van der Waals surface area contributed by atoms with E-state index in [1.54, 1.807) is 4.52 Å². The molecule has 8 nitrogen and oxygen atoms in total. The molecule has 1 aromatic carbocycles. The van der Waals surface area contributed by atoms with Crippen molar-refractivity contribution in [2.24, 2.45) is 0 Å². The fraction of sp³-hybridized carbons (Fsp3) is 0.280. The topological polar surface area (TPSA) is 91.0 Å². The van der Waals surface area contributed by atoms with Crippen molar-refractivity contribution in [3.63, 3.8) is 0 Å². The minimum atomic E-state index is -0.707. The Morgan fingerprint density at radius 2 is 1.86 bits per heavy atom. The van der Waals surface area contributed by atoms with Crippen molar-refractivity contribution in [2.45, 2.75) is 38.7 Å². The lowest BCUT2D eigenvalue weighted by Crippen LogP contribution is -2.21. The van der Waals surface area contributed by atoms with Crippen LogP contribution in [0.15, 0.2) is 42.9 Å². The Bertz CT molecular complexity index is 1590. The van der Waals surface area contributed by atoms with E-state index in [9.17, 15) is 8.78 Å². The highest BCUT2D eigenvalue weighted by Crippen LogP contribution is 2.38. The summed E-state index contributed by atoms with van der Waals surface area (Å²) in [7, 11) is 0. The molecular weight excluding hydrogens is 452 g/mol. The van der Waals surface area contributed by atoms with E-state index in [1.165, 1.54) is 18.5 Å². The Balaban J connectivity index is 1.44. The van der Waals surface area contributed by atoms with E-state index in [1.807, 2.05) is 32.2 Å². The van der Waals surface area contributed by atoms with Gasteiger partial charge in [-0.2, -0.15) is 5.10 Å². The molecule has 0 spiro atoms. The van der Waals surface area contributed by atoms with Gasteiger partial charge in [-0.25, -0.2) is 38.2 Å². The third kappa shape index (κ3) is 3.89. The summed E-state index contributed by atoms with van der Waals surface area (Å²) < 4.78 is 36.2. The van der Waals surface area contributed by atoms with Gasteiger partial charge < -0.3 is 4.74 Å². The quantitative estimate of drug-likeness (QED) is 0.376. The average Bonchev–Trinajstić information content (AvgIpc) is 3.33. The molecule has 5 aromatic rings. The van der Waals surface area contributed by atoms with Crippen LogP contribution < -0.4 is 0 Å². The normalized spacial score (nSPS) is 18.4. The first kappa shape index (κ1) is 21.6. The van der Waals surface area contributed by atoms with Gasteiger partial charge in [-0.3, -0.25) is 0 Å². The van der Waals surface area contributed by atoms with Crippen LogP contribution in [-0.4, -0.2) is 41.1 Å². The first-order valence-electron chi connectivity index (χ1n) is 11.4. The predicted molar refractivity (Wildman–Crippen MR) is 124 cm³/mol. The second-order valence-electron chi connectivity index (χ2n) is 8.73. The Labute approximate surface area is 199 Å². The van der Waals surface area contributed by atoms with Gasteiger partial charge in [-0.05, 0) is 50.5 Å². The first-order chi connectivity index (χ1) is 17.0. The lowest BCUT2D eigenvalue weighted by molar-refractivity contribution is 0.00375. The molecule has 0 aliphatic carbocycles. The van der Waals surface area contributed by atoms with Crippen LogP contribution in [0.5, 0.6) is 0 Å². The number of aryl methyl sites for hydroxylation is 2. The van der Waals surface area contributed by atoms with Crippen molar-refractivity contribution >= 4 is 16.8 Å². The minimum Gasteiger partial charge on any atom is -0.373 e. The summed E-state index contributed by atoms with van der Waals surface area (Å²) >= 11 is 0. The van der Waals surface area contributed by atoms with Gasteiger partial charge in [0.1, 0.15) is 35.0 Å². The zero-order valence-corrected chi connectivity index (χ0v) is 19.1. The second kappa shape index (κ2) is 8.38. The number of ether oxygens (including phenoxy) is 1. The maximum absolute atomic E-state index is 14.8. The maximum atomic E-state index is 14.8. The van der Waals surface area contributed by atoms with Gasteiger partial charge >= 0.3 is 0 Å². The van der Waals surface area contributed by atoms with E-state index in [0.717, 1.165) is 23.0 Å². The molecule has 0 saturated carbocycles. The second-order valence-corrected chi connectivity index (χ2v) is 8.73. The zero-order valence-electron chi connectivity index (χ0n) is 19.1. The van der Waals surface area contributed by atoms with Crippen LogP contribution in [0.3, 0.4) is 0 Å². The molecular formula is C25H21F2N7O. The van der Waals surface area contributed by atoms with Gasteiger partial charge in [0.25, 0.3) is 0 Å². The van der Waals surface area contributed by atoms with Crippen LogP contribution in [-0.2, 0) is 4.74 Å². The number of aromatic nitrogens is 7. The largest absolute Gasteiger partial charge is 0.373 e. The molecule has 10 heteroatoms. The van der Waals surface area contributed by atoms with Crippen LogP contribution in [0.25, 0.3) is 28.1 Å². The average molecular weight is 473 g/mol. The summed E-state index contributed by atoms with van der Waals surface area (Å²) in [6, 6.07) is 7.33. The third-order valence-electron chi connectivity index (χ3n) is 6.46. The number of nitrogens with zero attached hydrogens (tertiary/aromatic N) is 7. The van der Waals surface area contributed by atoms with Crippen LogP contribution in [0.2, 0.25) is 0 Å². The molecule has 5 heterocycles. The molecule has 6 rings (SSSR count). The monoisotopic (exact) mass is 473 g/mol. The molecule has 35 heavy (non-hydrogen) atoms. The van der Waals surface area contributed by atoms with E-state index in [0.29, 0.717) is 47.8 Å². The van der Waals surface area contributed by atoms with Gasteiger partial charge in [0.15, 0.2) is 11.3 Å². The number of pyridine rings is 1. The molecule has 4 aromatic heterocycles. The molecule has 1 aliphatic rings. The van der Waals surface area contributed by atoms with Crippen molar-refractivity contribution in [3.8, 4) is 11.3 Å². The number of rotatable bonds is 3. The summed E-state index contributed by atoms with van der Waals surface area (Å²) in [6.07, 6.45) is 4.58. The lowest BCUT2D eigenvalue weighted by Gasteiger charge is -2.29. The van der Waals surface area contributed by atoms with Crippen molar-refractivity contribution in [2.75, 3.05) is 6.61 Å². The number of hydrogen-bond donors (Lipinski definition) is 0. The van der Waals surface area contributed by atoms with Gasteiger partial charge in [0.05, 0.1) is 17.5 Å². The van der Waals surface area contributed by atoms with Crippen molar-refractivity contribution < 1.29 is 13.5 Å². The molecule has 1 saturated heterocycles. The summed E-state index contributed by atoms with van der Waals surface area (Å²) in [4.78, 5) is 22.9. The Morgan fingerprint density at radius 1 is 1.00 bits per heavy atom. The molecule has 176 valence electrons. The third-order valence-corrected chi connectivity index (χ3v) is 6.46. The fourth-order valence-corrected chi connectivity index (χ4v) is 4.47. The Hall–Kier alpha value is -3.92. The molecule has 0 N–H and O–H groups in total. The molecule has 1 aliphatic heterocycles. The number of benzene rings is 1. The van der Waals surface area contributed by atoms with Gasteiger partial charge in [-0.15, -0.1) is 0 Å². The summed E-state index contributed by atoms with van der Waals surface area (Å²) in [5.74, 6) is -0.860. The molecule has 1 fully saturated rings. The number of fused-ring (bicyclic) bond motifs is 2. The fourth-order valence-electron chi connectivity index (χ4n) is 4.47. The van der Waals surface area contributed by atoms with E-state index in [4.69, 9.17) is 14.7 Å². The lowest BCUT2D eigenvalue weighted by atomic mass is 9.91. The van der Waals surface area contributed by atoms with Crippen LogP contribution in [0, 0.1) is 25.5 Å². The van der Waals surface area contributed by atoms with Crippen LogP contribution >= 0.6 is 0 Å². The Kier molecular flexibility index (Phi) is 5.18. The van der Waals surface area contributed by atoms with Crippen LogP contribution in [0.1, 0.15) is 47.6 Å². The standard InChI is InChI=1S/C25H21F2N7O/c1-13-14(2)31-25-23(30-13)22(18-5-4-17(26)10-19(18)27)32-24(33-25)15-7-8-35-20(9-15)16-3-6-21-28-12-29-34(21)11-16/h3-6,10-12,15,20H,7-9H2,1-2H3. The van der Waals surface area contributed by atoms with Gasteiger partial charge in [-0.1, -0.05) is 6.07 Å². The van der Waals surface area contributed by atoms with Crippen molar-refractivity contribution in [1.29, 1.82) is 0 Å². The molecule has 0 radical (unpaired) electrons. The summed E-state index contributed by atoms with van der Waals surface area (Å²) in [5.41, 5.74) is 4.43. The maximum Gasteiger partial charge on any atom is 0.182 e. The van der Waals surface area contributed by atoms with E-state index >= 15 is 0 Å². The highest BCUT2D eigenvalue weighted by atomic mass is 19.1. The molecule has 0 amide bonds. The zero-order chi connectivity index (χ0) is 24.1. The van der Waals surface area contributed by atoms with E-state index in [2.05, 4.69) is 20.1 Å². The van der Waals surface area contributed by atoms with E-state index in [-0.39, 0.29) is 17.6 Å². The van der Waals surface area contributed by atoms with Gasteiger partial charge in [0, 0.05) is 30.4 Å². The number of halogens is 2. The first-order valence-corrected chi connectivity index (χ1v) is 11.4. The van der Waals surface area contributed by atoms with Crippen molar-refractivity contribution in [3.05, 3.63) is 77.3 Å². The summed E-state index contributed by atoms with van der Waals surface area (Å²) in [5, 5.41) is 4.21. The van der Waals surface area contributed by atoms with Gasteiger partial charge in [0.2, 0.25) is 0 Å². The highest BCUT2D eigenvalue weighted by molar-refractivity contribution is 5.87.